The molecule has 0 bridgehead atoms. The van der Waals surface area contributed by atoms with Crippen LogP contribution in [0.15, 0.2) is 42.5 Å². The van der Waals surface area contributed by atoms with Gasteiger partial charge in [0.05, 0.1) is 0 Å². The summed E-state index contributed by atoms with van der Waals surface area (Å²) in [5.41, 5.74) is 8.51. The average Bonchev–Trinajstić information content (AvgIpc) is 2.44. The van der Waals surface area contributed by atoms with Gasteiger partial charge in [-0.3, -0.25) is 4.79 Å². The van der Waals surface area contributed by atoms with Crippen molar-refractivity contribution in [3.63, 3.8) is 0 Å². The number of carbonyl (C=O) groups excluding carboxylic acids is 1. The molecular formula is C16H18N2O2. The third-order valence-corrected chi connectivity index (χ3v) is 3.12. The first kappa shape index (κ1) is 14.1. The van der Waals surface area contributed by atoms with Crippen LogP contribution in [0.3, 0.4) is 0 Å². The fourth-order valence-corrected chi connectivity index (χ4v) is 1.88. The lowest BCUT2D eigenvalue weighted by Gasteiger charge is -2.07. The SMILES string of the molecule is Cc1ccc(NC(=O)c2ccc(CCN)cc2)cc1O. The maximum absolute atomic E-state index is 12.1. The van der Waals surface area contributed by atoms with E-state index >= 15 is 0 Å². The highest BCUT2D eigenvalue weighted by Gasteiger charge is 2.07. The Kier molecular flexibility index (Phi) is 4.38. The molecule has 20 heavy (non-hydrogen) atoms. The number of hydrogen-bond donors (Lipinski definition) is 3. The van der Waals surface area contributed by atoms with Crippen LogP contribution in [-0.4, -0.2) is 17.6 Å². The summed E-state index contributed by atoms with van der Waals surface area (Å²) in [4.78, 5) is 12.1. The van der Waals surface area contributed by atoms with Crippen molar-refractivity contribution in [2.24, 2.45) is 5.73 Å². The zero-order valence-electron chi connectivity index (χ0n) is 11.4. The molecule has 1 amide bonds. The second-order valence-electron chi connectivity index (χ2n) is 4.69. The van der Waals surface area contributed by atoms with E-state index in [4.69, 9.17) is 5.73 Å². The number of amides is 1. The standard InChI is InChI=1S/C16H18N2O2/c1-11-2-7-14(10-15(11)19)18-16(20)13-5-3-12(4-6-13)8-9-17/h2-7,10,19H,8-9,17H2,1H3,(H,18,20). The van der Waals surface area contributed by atoms with Gasteiger partial charge in [-0.05, 0) is 49.2 Å². The van der Waals surface area contributed by atoms with E-state index in [0.29, 0.717) is 17.8 Å². The van der Waals surface area contributed by atoms with Gasteiger partial charge in [-0.2, -0.15) is 0 Å². The fourth-order valence-electron chi connectivity index (χ4n) is 1.88. The number of hydrogen-bond acceptors (Lipinski definition) is 3. The van der Waals surface area contributed by atoms with E-state index < -0.39 is 0 Å². The van der Waals surface area contributed by atoms with Crippen LogP contribution in [0.25, 0.3) is 0 Å². The number of rotatable bonds is 4. The van der Waals surface area contributed by atoms with Crippen molar-refractivity contribution in [3.05, 3.63) is 59.2 Å². The minimum atomic E-state index is -0.201. The van der Waals surface area contributed by atoms with Crippen molar-refractivity contribution in [2.45, 2.75) is 13.3 Å². The van der Waals surface area contributed by atoms with Gasteiger partial charge in [0.2, 0.25) is 0 Å². The minimum absolute atomic E-state index is 0.168. The number of nitrogens with two attached hydrogens (primary N) is 1. The van der Waals surface area contributed by atoms with Gasteiger partial charge in [0.1, 0.15) is 5.75 Å². The summed E-state index contributed by atoms with van der Waals surface area (Å²) in [7, 11) is 0. The monoisotopic (exact) mass is 270 g/mol. The summed E-state index contributed by atoms with van der Waals surface area (Å²) in [6.45, 7) is 2.39. The molecule has 104 valence electrons. The smallest absolute Gasteiger partial charge is 0.255 e. The molecule has 0 aliphatic heterocycles. The van der Waals surface area contributed by atoms with E-state index in [2.05, 4.69) is 5.32 Å². The first-order valence-corrected chi connectivity index (χ1v) is 6.50. The summed E-state index contributed by atoms with van der Waals surface area (Å²) >= 11 is 0. The molecule has 2 aromatic rings. The van der Waals surface area contributed by atoms with Crippen molar-refractivity contribution in [2.75, 3.05) is 11.9 Å². The van der Waals surface area contributed by atoms with Crippen LogP contribution >= 0.6 is 0 Å². The summed E-state index contributed by atoms with van der Waals surface area (Å²) in [5.74, 6) is -0.0337. The lowest BCUT2D eigenvalue weighted by atomic mass is 10.1. The van der Waals surface area contributed by atoms with E-state index in [-0.39, 0.29) is 11.7 Å². The number of carbonyl (C=O) groups is 1. The van der Waals surface area contributed by atoms with Crippen molar-refractivity contribution in [1.29, 1.82) is 0 Å². The predicted octanol–water partition coefficient (Wildman–Crippen LogP) is 2.45. The molecule has 0 heterocycles. The van der Waals surface area contributed by atoms with E-state index in [1.807, 2.05) is 12.1 Å². The summed E-state index contributed by atoms with van der Waals surface area (Å²) in [6, 6.07) is 12.4. The average molecular weight is 270 g/mol. The highest BCUT2D eigenvalue weighted by molar-refractivity contribution is 6.04. The Bertz CT molecular complexity index is 606. The molecule has 4 heteroatoms. The van der Waals surface area contributed by atoms with Crippen molar-refractivity contribution < 1.29 is 9.90 Å². The largest absolute Gasteiger partial charge is 0.508 e. The first-order chi connectivity index (χ1) is 9.60. The van der Waals surface area contributed by atoms with Gasteiger partial charge in [-0.15, -0.1) is 0 Å². The molecule has 0 saturated heterocycles. The van der Waals surface area contributed by atoms with Crippen LogP contribution in [0.5, 0.6) is 5.75 Å². The van der Waals surface area contributed by atoms with Gasteiger partial charge in [0.25, 0.3) is 5.91 Å². The molecule has 0 radical (unpaired) electrons. The Balaban J connectivity index is 2.09. The number of anilines is 1. The molecule has 0 saturated carbocycles. The van der Waals surface area contributed by atoms with E-state index in [9.17, 15) is 9.90 Å². The van der Waals surface area contributed by atoms with Crippen molar-refractivity contribution >= 4 is 11.6 Å². The first-order valence-electron chi connectivity index (χ1n) is 6.50. The van der Waals surface area contributed by atoms with Crippen LogP contribution in [-0.2, 0) is 6.42 Å². The van der Waals surface area contributed by atoms with Crippen molar-refractivity contribution in [3.8, 4) is 5.75 Å². The molecule has 0 unspecified atom stereocenters. The third-order valence-electron chi connectivity index (χ3n) is 3.12. The summed E-state index contributed by atoms with van der Waals surface area (Å²) < 4.78 is 0. The Morgan fingerprint density at radius 1 is 1.20 bits per heavy atom. The molecule has 0 fully saturated rings. The van der Waals surface area contributed by atoms with Gasteiger partial charge in [0.15, 0.2) is 0 Å². The van der Waals surface area contributed by atoms with Gasteiger partial charge in [-0.1, -0.05) is 18.2 Å². The van der Waals surface area contributed by atoms with Gasteiger partial charge < -0.3 is 16.2 Å². The number of aromatic hydroxyl groups is 1. The number of phenols is 1. The normalized spacial score (nSPS) is 10.3. The van der Waals surface area contributed by atoms with Crippen molar-refractivity contribution in [1.82, 2.24) is 0 Å². The maximum Gasteiger partial charge on any atom is 0.255 e. The Hall–Kier alpha value is -2.33. The molecule has 0 aliphatic rings. The van der Waals surface area contributed by atoms with E-state index in [1.54, 1.807) is 31.2 Å². The predicted molar refractivity (Wildman–Crippen MR) is 80.0 cm³/mol. The second-order valence-corrected chi connectivity index (χ2v) is 4.69. The quantitative estimate of drug-likeness (QED) is 0.798. The van der Waals surface area contributed by atoms with Gasteiger partial charge in [-0.25, -0.2) is 0 Å². The molecular weight excluding hydrogens is 252 g/mol. The van der Waals surface area contributed by atoms with E-state index in [0.717, 1.165) is 17.5 Å². The molecule has 0 aliphatic carbocycles. The number of nitrogens with one attached hydrogen (secondary N) is 1. The van der Waals surface area contributed by atoms with Crippen LogP contribution in [0.2, 0.25) is 0 Å². The third kappa shape index (κ3) is 3.36. The minimum Gasteiger partial charge on any atom is -0.508 e. The lowest BCUT2D eigenvalue weighted by Crippen LogP contribution is -2.12. The molecule has 2 aromatic carbocycles. The highest BCUT2D eigenvalue weighted by Crippen LogP contribution is 2.21. The Morgan fingerprint density at radius 2 is 1.90 bits per heavy atom. The molecule has 4 nitrogen and oxygen atoms in total. The summed E-state index contributed by atoms with van der Waals surface area (Å²) in [5, 5.41) is 12.4. The highest BCUT2D eigenvalue weighted by atomic mass is 16.3. The zero-order valence-corrected chi connectivity index (χ0v) is 11.4. The number of phenolic OH excluding ortho intramolecular Hbond substituents is 1. The van der Waals surface area contributed by atoms with Gasteiger partial charge in [0, 0.05) is 17.3 Å². The maximum atomic E-state index is 12.1. The van der Waals surface area contributed by atoms with Gasteiger partial charge >= 0.3 is 0 Å². The van der Waals surface area contributed by atoms with Crippen LogP contribution in [0, 0.1) is 6.92 Å². The Labute approximate surface area is 118 Å². The van der Waals surface area contributed by atoms with Crippen LogP contribution in [0.1, 0.15) is 21.5 Å². The van der Waals surface area contributed by atoms with Crippen LogP contribution in [0.4, 0.5) is 5.69 Å². The molecule has 2 rings (SSSR count). The van der Waals surface area contributed by atoms with E-state index in [1.165, 1.54) is 6.07 Å². The lowest BCUT2D eigenvalue weighted by molar-refractivity contribution is 0.102. The second kappa shape index (κ2) is 6.21. The zero-order chi connectivity index (χ0) is 14.5. The fraction of sp³-hybridized carbons (Fsp3) is 0.188. The summed E-state index contributed by atoms with van der Waals surface area (Å²) in [6.07, 6.45) is 0.799. The van der Waals surface area contributed by atoms with Crippen LogP contribution < -0.4 is 11.1 Å². The molecule has 4 N–H and O–H groups in total. The Morgan fingerprint density at radius 3 is 2.50 bits per heavy atom. The molecule has 0 aromatic heterocycles. The number of aryl methyl sites for hydroxylation is 1. The number of benzene rings is 2. The molecule has 0 spiro atoms. The molecule has 0 atom stereocenters. The topological polar surface area (TPSA) is 75.4 Å².